The molecule has 2 atom stereocenters. The molecule has 0 spiro atoms. The third kappa shape index (κ3) is 2.87. The summed E-state index contributed by atoms with van der Waals surface area (Å²) in [4.78, 5) is 25.7. The number of carbonyl (C=O) groups excluding carboxylic acids is 1. The Morgan fingerprint density at radius 3 is 2.25 bits per heavy atom. The van der Waals surface area contributed by atoms with Crippen LogP contribution in [0.5, 0.6) is 0 Å². The summed E-state index contributed by atoms with van der Waals surface area (Å²) in [7, 11) is 1.53. The molecule has 16 heavy (non-hydrogen) atoms. The Labute approximate surface area is 96.0 Å². The second-order valence-electron chi connectivity index (χ2n) is 4.57. The van der Waals surface area contributed by atoms with Crippen LogP contribution >= 0.6 is 0 Å². The Morgan fingerprint density at radius 2 is 1.81 bits per heavy atom. The molecule has 1 saturated heterocycles. The van der Waals surface area contributed by atoms with Gasteiger partial charge in [0, 0.05) is 19.1 Å². The van der Waals surface area contributed by atoms with Crippen LogP contribution in [0.2, 0.25) is 0 Å². The molecule has 0 aromatic rings. The lowest BCUT2D eigenvalue weighted by Gasteiger charge is -2.40. The van der Waals surface area contributed by atoms with E-state index in [-0.39, 0.29) is 24.7 Å². The van der Waals surface area contributed by atoms with Crippen LogP contribution in [-0.2, 0) is 4.79 Å². The molecule has 1 rings (SSSR count). The molecule has 1 fully saturated rings. The van der Waals surface area contributed by atoms with Gasteiger partial charge in [-0.15, -0.1) is 0 Å². The number of amides is 2. The van der Waals surface area contributed by atoms with Crippen molar-refractivity contribution >= 4 is 12.0 Å². The second-order valence-corrected chi connectivity index (χ2v) is 4.57. The van der Waals surface area contributed by atoms with Crippen LogP contribution in [0.1, 0.15) is 33.1 Å². The lowest BCUT2D eigenvalue weighted by molar-refractivity contribution is -0.137. The van der Waals surface area contributed by atoms with Crippen molar-refractivity contribution in [2.45, 2.75) is 45.2 Å². The Hall–Kier alpha value is -1.26. The summed E-state index contributed by atoms with van der Waals surface area (Å²) in [6.45, 7) is 3.79. The standard InChI is InChI=1S/C11H20N2O3/c1-8-5-4-6-9(2)13(8)11(16)12(3)7-10(14)15/h8-9H,4-7H2,1-3H3,(H,14,15). The van der Waals surface area contributed by atoms with Gasteiger partial charge < -0.3 is 14.9 Å². The summed E-state index contributed by atoms with van der Waals surface area (Å²) in [6, 6.07) is 0.224. The molecule has 2 amide bonds. The first kappa shape index (κ1) is 12.8. The van der Waals surface area contributed by atoms with Gasteiger partial charge in [-0.1, -0.05) is 0 Å². The average Bonchev–Trinajstić information content (AvgIpc) is 2.16. The molecule has 1 N–H and O–H groups in total. The molecule has 1 aliphatic heterocycles. The summed E-state index contributed by atoms with van der Waals surface area (Å²) < 4.78 is 0. The Balaban J connectivity index is 2.66. The number of likely N-dealkylation sites (tertiary alicyclic amines) is 1. The first-order valence-electron chi connectivity index (χ1n) is 5.68. The number of rotatable bonds is 2. The van der Waals surface area contributed by atoms with Gasteiger partial charge in [-0.25, -0.2) is 4.79 Å². The van der Waals surface area contributed by atoms with E-state index in [2.05, 4.69) is 0 Å². The lowest BCUT2D eigenvalue weighted by Crippen LogP contribution is -2.53. The van der Waals surface area contributed by atoms with Crippen LogP contribution in [0.4, 0.5) is 4.79 Å². The third-order valence-corrected chi connectivity index (χ3v) is 3.11. The highest BCUT2D eigenvalue weighted by atomic mass is 16.4. The number of aliphatic carboxylic acids is 1. The molecule has 1 heterocycles. The number of carboxylic acid groups (broad SMARTS) is 1. The van der Waals surface area contributed by atoms with Gasteiger partial charge in [0.1, 0.15) is 6.54 Å². The van der Waals surface area contributed by atoms with Gasteiger partial charge in [-0.3, -0.25) is 4.79 Å². The zero-order chi connectivity index (χ0) is 12.3. The largest absolute Gasteiger partial charge is 0.480 e. The lowest BCUT2D eigenvalue weighted by atomic mass is 9.98. The van der Waals surface area contributed by atoms with E-state index in [1.807, 2.05) is 13.8 Å². The zero-order valence-corrected chi connectivity index (χ0v) is 10.1. The fourth-order valence-electron chi connectivity index (χ4n) is 2.27. The van der Waals surface area contributed by atoms with E-state index in [9.17, 15) is 9.59 Å². The summed E-state index contributed by atoms with van der Waals surface area (Å²) in [5, 5.41) is 8.65. The topological polar surface area (TPSA) is 60.9 Å². The zero-order valence-electron chi connectivity index (χ0n) is 10.1. The van der Waals surface area contributed by atoms with Crippen molar-refractivity contribution < 1.29 is 14.7 Å². The normalized spacial score (nSPS) is 25.3. The maximum atomic E-state index is 12.0. The molecule has 5 nitrogen and oxygen atoms in total. The van der Waals surface area contributed by atoms with Crippen molar-refractivity contribution in [3.8, 4) is 0 Å². The Bertz CT molecular complexity index is 270. The van der Waals surface area contributed by atoms with Crippen LogP contribution in [0.15, 0.2) is 0 Å². The van der Waals surface area contributed by atoms with E-state index >= 15 is 0 Å². The number of urea groups is 1. The highest BCUT2D eigenvalue weighted by Gasteiger charge is 2.31. The van der Waals surface area contributed by atoms with Crippen molar-refractivity contribution in [1.82, 2.24) is 9.80 Å². The van der Waals surface area contributed by atoms with Crippen molar-refractivity contribution in [3.63, 3.8) is 0 Å². The van der Waals surface area contributed by atoms with Crippen LogP contribution in [0.3, 0.4) is 0 Å². The highest BCUT2D eigenvalue weighted by molar-refractivity contribution is 5.80. The van der Waals surface area contributed by atoms with Gasteiger partial charge in [0.25, 0.3) is 0 Å². The van der Waals surface area contributed by atoms with Gasteiger partial charge >= 0.3 is 12.0 Å². The van der Waals surface area contributed by atoms with E-state index < -0.39 is 5.97 Å². The van der Waals surface area contributed by atoms with E-state index in [1.165, 1.54) is 11.9 Å². The molecule has 92 valence electrons. The smallest absolute Gasteiger partial charge is 0.323 e. The van der Waals surface area contributed by atoms with E-state index in [0.29, 0.717) is 0 Å². The number of hydrogen-bond acceptors (Lipinski definition) is 2. The molecule has 2 unspecified atom stereocenters. The molecule has 0 radical (unpaired) electrons. The minimum atomic E-state index is -0.979. The van der Waals surface area contributed by atoms with Gasteiger partial charge in [-0.2, -0.15) is 0 Å². The number of carbonyl (C=O) groups is 2. The number of carboxylic acids is 1. The molecule has 1 aliphatic rings. The molecule has 0 aromatic carbocycles. The first-order chi connectivity index (χ1) is 7.43. The second kappa shape index (κ2) is 5.18. The SMILES string of the molecule is CC1CCCC(C)N1C(=O)N(C)CC(=O)O. The quantitative estimate of drug-likeness (QED) is 0.776. The van der Waals surface area contributed by atoms with E-state index in [4.69, 9.17) is 5.11 Å². The minimum Gasteiger partial charge on any atom is -0.480 e. The van der Waals surface area contributed by atoms with Crippen molar-refractivity contribution in [2.75, 3.05) is 13.6 Å². The average molecular weight is 228 g/mol. The molecule has 0 bridgehead atoms. The molecular formula is C11H20N2O3. The Morgan fingerprint density at radius 1 is 1.31 bits per heavy atom. The van der Waals surface area contributed by atoms with Crippen LogP contribution in [0.25, 0.3) is 0 Å². The van der Waals surface area contributed by atoms with Crippen LogP contribution in [0, 0.1) is 0 Å². The third-order valence-electron chi connectivity index (χ3n) is 3.11. The van der Waals surface area contributed by atoms with Crippen molar-refractivity contribution in [2.24, 2.45) is 0 Å². The maximum Gasteiger partial charge on any atom is 0.323 e. The summed E-state index contributed by atoms with van der Waals surface area (Å²) >= 11 is 0. The number of nitrogens with zero attached hydrogens (tertiary/aromatic N) is 2. The van der Waals surface area contributed by atoms with Gasteiger partial charge in [0.2, 0.25) is 0 Å². The summed E-state index contributed by atoms with van der Waals surface area (Å²) in [6.07, 6.45) is 3.13. The van der Waals surface area contributed by atoms with Crippen LogP contribution in [-0.4, -0.2) is 52.6 Å². The summed E-state index contributed by atoms with van der Waals surface area (Å²) in [5.41, 5.74) is 0. The van der Waals surface area contributed by atoms with Gasteiger partial charge in [0.05, 0.1) is 0 Å². The van der Waals surface area contributed by atoms with E-state index in [0.717, 1.165) is 19.3 Å². The number of piperidine rings is 1. The molecule has 0 aliphatic carbocycles. The Kier molecular flexibility index (Phi) is 4.15. The summed E-state index contributed by atoms with van der Waals surface area (Å²) in [5.74, 6) is -0.979. The fourth-order valence-corrected chi connectivity index (χ4v) is 2.27. The van der Waals surface area contributed by atoms with Crippen LogP contribution < -0.4 is 0 Å². The maximum absolute atomic E-state index is 12.0. The minimum absolute atomic E-state index is 0.179. The predicted molar refractivity (Wildman–Crippen MR) is 60.3 cm³/mol. The van der Waals surface area contributed by atoms with Gasteiger partial charge in [-0.05, 0) is 33.1 Å². The predicted octanol–water partition coefficient (Wildman–Crippen LogP) is 1.39. The highest BCUT2D eigenvalue weighted by Crippen LogP contribution is 2.23. The number of hydrogen-bond donors (Lipinski definition) is 1. The molecule has 0 aromatic heterocycles. The fraction of sp³-hybridized carbons (Fsp3) is 0.818. The monoisotopic (exact) mass is 228 g/mol. The van der Waals surface area contributed by atoms with Crippen molar-refractivity contribution in [1.29, 1.82) is 0 Å². The first-order valence-corrected chi connectivity index (χ1v) is 5.68. The van der Waals surface area contributed by atoms with Crippen molar-refractivity contribution in [3.05, 3.63) is 0 Å². The molecule has 5 heteroatoms. The molecular weight excluding hydrogens is 208 g/mol. The number of likely N-dealkylation sites (N-methyl/N-ethyl adjacent to an activating group) is 1. The van der Waals surface area contributed by atoms with Gasteiger partial charge in [0.15, 0.2) is 0 Å². The molecule has 0 saturated carbocycles. The van der Waals surface area contributed by atoms with E-state index in [1.54, 1.807) is 4.90 Å².